The van der Waals surface area contributed by atoms with Crippen molar-refractivity contribution in [2.45, 2.75) is 12.8 Å². The fraction of sp³-hybridized carbons (Fsp3) is 0.167. The molecule has 0 atom stereocenters. The van der Waals surface area contributed by atoms with E-state index < -0.39 is 0 Å². The third-order valence-corrected chi connectivity index (χ3v) is 4.01. The van der Waals surface area contributed by atoms with Crippen molar-refractivity contribution in [2.75, 3.05) is 11.9 Å². The van der Waals surface area contributed by atoms with E-state index in [1.807, 2.05) is 16.9 Å². The van der Waals surface area contributed by atoms with Gasteiger partial charge in [0.2, 0.25) is 0 Å². The molecule has 3 aromatic rings. The molecule has 3 nitrogen and oxygen atoms in total. The summed E-state index contributed by atoms with van der Waals surface area (Å²) in [5.41, 5.74) is 6.15. The van der Waals surface area contributed by atoms with E-state index in [4.69, 9.17) is 0 Å². The molecule has 3 heteroatoms. The molecule has 0 bridgehead atoms. The van der Waals surface area contributed by atoms with Gasteiger partial charge in [-0.1, -0.05) is 36.4 Å². The van der Waals surface area contributed by atoms with Gasteiger partial charge in [-0.2, -0.15) is 5.10 Å². The third kappa shape index (κ3) is 2.21. The van der Waals surface area contributed by atoms with Crippen LogP contribution in [0.15, 0.2) is 60.9 Å². The Kier molecular flexibility index (Phi) is 2.96. The number of nitrogens with one attached hydrogen (secondary N) is 1. The minimum atomic E-state index is 1.06. The van der Waals surface area contributed by atoms with Crippen molar-refractivity contribution in [2.24, 2.45) is 0 Å². The van der Waals surface area contributed by atoms with Crippen LogP contribution in [0, 0.1) is 0 Å². The highest BCUT2D eigenvalue weighted by atomic mass is 15.3. The molecule has 2 heterocycles. The normalized spacial score (nSPS) is 13.5. The molecular formula is C18H17N3. The zero-order valence-electron chi connectivity index (χ0n) is 11.8. The molecular weight excluding hydrogens is 258 g/mol. The predicted molar refractivity (Wildman–Crippen MR) is 85.8 cm³/mol. The van der Waals surface area contributed by atoms with Crippen LogP contribution in [-0.4, -0.2) is 16.3 Å². The van der Waals surface area contributed by atoms with E-state index in [0.717, 1.165) is 18.5 Å². The Morgan fingerprint density at radius 2 is 1.86 bits per heavy atom. The molecule has 1 aromatic heterocycles. The number of hydrogen-bond donors (Lipinski definition) is 1. The zero-order valence-corrected chi connectivity index (χ0v) is 11.8. The monoisotopic (exact) mass is 275 g/mol. The molecule has 0 unspecified atom stereocenters. The molecule has 104 valence electrons. The molecule has 0 spiro atoms. The fourth-order valence-electron chi connectivity index (χ4n) is 2.94. The molecule has 2 aromatic carbocycles. The Morgan fingerprint density at radius 1 is 0.952 bits per heavy atom. The Balaban J connectivity index is 1.77. The Bertz CT molecular complexity index is 759. The van der Waals surface area contributed by atoms with Crippen LogP contribution < -0.4 is 5.32 Å². The molecule has 1 aliphatic rings. The molecule has 0 saturated heterocycles. The van der Waals surface area contributed by atoms with Gasteiger partial charge in [0, 0.05) is 29.6 Å². The number of rotatable bonds is 2. The summed E-state index contributed by atoms with van der Waals surface area (Å²) in [6, 6.07) is 16.8. The highest BCUT2D eigenvalue weighted by molar-refractivity contribution is 5.65. The summed E-state index contributed by atoms with van der Waals surface area (Å²) in [5.74, 6) is 0. The maximum absolute atomic E-state index is 4.56. The van der Waals surface area contributed by atoms with Gasteiger partial charge in [-0.15, -0.1) is 0 Å². The van der Waals surface area contributed by atoms with Gasteiger partial charge < -0.3 is 5.32 Å². The van der Waals surface area contributed by atoms with Gasteiger partial charge in [-0.05, 0) is 30.5 Å². The second kappa shape index (κ2) is 5.09. The maximum atomic E-state index is 4.56. The lowest BCUT2D eigenvalue weighted by atomic mass is 10.0. The summed E-state index contributed by atoms with van der Waals surface area (Å²) < 4.78 is 1.99. The molecule has 1 N–H and O–H groups in total. The van der Waals surface area contributed by atoms with Crippen LogP contribution in [-0.2, 0) is 6.42 Å². The number of anilines is 1. The van der Waals surface area contributed by atoms with E-state index in [-0.39, 0.29) is 0 Å². The summed E-state index contributed by atoms with van der Waals surface area (Å²) in [5, 5.41) is 8.03. The van der Waals surface area contributed by atoms with Crippen molar-refractivity contribution in [3.05, 3.63) is 66.5 Å². The largest absolute Gasteiger partial charge is 0.385 e. The molecule has 0 amide bonds. The van der Waals surface area contributed by atoms with Gasteiger partial charge in [0.25, 0.3) is 0 Å². The van der Waals surface area contributed by atoms with Crippen LogP contribution in [0.1, 0.15) is 12.0 Å². The number of fused-ring (bicyclic) bond motifs is 1. The highest BCUT2D eigenvalue weighted by Crippen LogP contribution is 2.28. The smallest absolute Gasteiger partial charge is 0.0698 e. The van der Waals surface area contributed by atoms with Crippen LogP contribution >= 0.6 is 0 Å². The second-order valence-electron chi connectivity index (χ2n) is 5.37. The van der Waals surface area contributed by atoms with Crippen LogP contribution in [0.3, 0.4) is 0 Å². The van der Waals surface area contributed by atoms with Crippen molar-refractivity contribution >= 4 is 5.69 Å². The number of nitrogens with zero attached hydrogens (tertiary/aromatic N) is 2. The first-order chi connectivity index (χ1) is 10.4. The van der Waals surface area contributed by atoms with E-state index in [0.29, 0.717) is 0 Å². The number of aromatic nitrogens is 2. The highest BCUT2D eigenvalue weighted by Gasteiger charge is 2.14. The lowest BCUT2D eigenvalue weighted by molar-refractivity contribution is 0.797. The van der Waals surface area contributed by atoms with Crippen LogP contribution in [0.4, 0.5) is 5.69 Å². The van der Waals surface area contributed by atoms with Gasteiger partial charge in [0.05, 0.1) is 11.9 Å². The summed E-state index contributed by atoms with van der Waals surface area (Å²) in [7, 11) is 0. The van der Waals surface area contributed by atoms with E-state index in [1.54, 1.807) is 0 Å². The van der Waals surface area contributed by atoms with E-state index in [9.17, 15) is 0 Å². The SMILES string of the molecule is c1ccc(-c2cnn(-c3cccc4c3CCCN4)c2)cc1. The lowest BCUT2D eigenvalue weighted by Gasteiger charge is -2.20. The maximum Gasteiger partial charge on any atom is 0.0698 e. The zero-order chi connectivity index (χ0) is 14.1. The summed E-state index contributed by atoms with van der Waals surface area (Å²) in [6.07, 6.45) is 6.33. The summed E-state index contributed by atoms with van der Waals surface area (Å²) >= 11 is 0. The molecule has 21 heavy (non-hydrogen) atoms. The van der Waals surface area contributed by atoms with Gasteiger partial charge in [0.15, 0.2) is 0 Å². The van der Waals surface area contributed by atoms with Gasteiger partial charge in [-0.3, -0.25) is 0 Å². The van der Waals surface area contributed by atoms with Gasteiger partial charge in [0.1, 0.15) is 0 Å². The van der Waals surface area contributed by atoms with Crippen molar-refractivity contribution < 1.29 is 0 Å². The predicted octanol–water partition coefficient (Wildman–Crippen LogP) is 3.90. The minimum Gasteiger partial charge on any atom is -0.385 e. The van der Waals surface area contributed by atoms with E-state index >= 15 is 0 Å². The topological polar surface area (TPSA) is 29.9 Å². The molecule has 1 aliphatic heterocycles. The first-order valence-corrected chi connectivity index (χ1v) is 7.38. The average molecular weight is 275 g/mol. The molecule has 4 rings (SSSR count). The number of hydrogen-bond acceptors (Lipinski definition) is 2. The van der Waals surface area contributed by atoms with Gasteiger partial charge >= 0.3 is 0 Å². The molecule has 0 aliphatic carbocycles. The second-order valence-corrected chi connectivity index (χ2v) is 5.37. The van der Waals surface area contributed by atoms with Gasteiger partial charge in [-0.25, -0.2) is 4.68 Å². The van der Waals surface area contributed by atoms with Crippen LogP contribution in [0.5, 0.6) is 0 Å². The first kappa shape index (κ1) is 12.2. The fourth-order valence-corrected chi connectivity index (χ4v) is 2.94. The standard InChI is InChI=1S/C18H17N3/c1-2-6-14(7-3-1)15-12-20-21(13-15)18-10-4-9-17-16(18)8-5-11-19-17/h1-4,6-7,9-10,12-13,19H,5,8,11H2. The molecule has 0 saturated carbocycles. The summed E-state index contributed by atoms with van der Waals surface area (Å²) in [6.45, 7) is 1.06. The number of benzene rings is 2. The minimum absolute atomic E-state index is 1.06. The first-order valence-electron chi connectivity index (χ1n) is 7.38. The Morgan fingerprint density at radius 3 is 2.76 bits per heavy atom. The summed E-state index contributed by atoms with van der Waals surface area (Å²) in [4.78, 5) is 0. The van der Waals surface area contributed by atoms with E-state index in [1.165, 1.54) is 28.9 Å². The quantitative estimate of drug-likeness (QED) is 0.768. The lowest BCUT2D eigenvalue weighted by Crippen LogP contribution is -2.14. The van der Waals surface area contributed by atoms with Crippen molar-refractivity contribution in [1.82, 2.24) is 9.78 Å². The van der Waals surface area contributed by atoms with Crippen molar-refractivity contribution in [1.29, 1.82) is 0 Å². The molecule has 0 radical (unpaired) electrons. The average Bonchev–Trinajstić information content (AvgIpc) is 3.05. The third-order valence-electron chi connectivity index (χ3n) is 4.01. The van der Waals surface area contributed by atoms with Crippen molar-refractivity contribution in [3.8, 4) is 16.8 Å². The Labute approximate surface area is 124 Å². The van der Waals surface area contributed by atoms with Crippen LogP contribution in [0.2, 0.25) is 0 Å². The molecule has 0 fully saturated rings. The van der Waals surface area contributed by atoms with Crippen molar-refractivity contribution in [3.63, 3.8) is 0 Å². The van der Waals surface area contributed by atoms with Crippen LogP contribution in [0.25, 0.3) is 16.8 Å². The Hall–Kier alpha value is -2.55. The van der Waals surface area contributed by atoms with E-state index in [2.05, 4.69) is 59.1 Å².